The van der Waals surface area contributed by atoms with Crippen molar-refractivity contribution < 1.29 is 0 Å². The maximum atomic E-state index is 3.60. The van der Waals surface area contributed by atoms with Crippen LogP contribution in [0.4, 0.5) is 5.69 Å². The van der Waals surface area contributed by atoms with Crippen molar-refractivity contribution >= 4 is 32.4 Å². The van der Waals surface area contributed by atoms with Crippen molar-refractivity contribution in [2.24, 2.45) is 0 Å². The molecule has 0 unspecified atom stereocenters. The van der Waals surface area contributed by atoms with Crippen molar-refractivity contribution in [1.82, 2.24) is 0 Å². The maximum Gasteiger partial charge on any atom is 0.0407 e. The predicted molar refractivity (Wildman–Crippen MR) is 94.9 cm³/mol. The molecule has 0 heterocycles. The average Bonchev–Trinajstić information content (AvgIpc) is 2.46. The van der Waals surface area contributed by atoms with Crippen LogP contribution in [0.3, 0.4) is 0 Å². The molecule has 3 aromatic rings. The van der Waals surface area contributed by atoms with Crippen molar-refractivity contribution in [1.29, 1.82) is 0 Å². The summed E-state index contributed by atoms with van der Waals surface area (Å²) >= 11 is 3.55. The summed E-state index contributed by atoms with van der Waals surface area (Å²) in [5.74, 6) is 0. The lowest BCUT2D eigenvalue weighted by Crippen LogP contribution is -2.03. The minimum absolute atomic E-state index is 0.838. The lowest BCUT2D eigenvalue weighted by Gasteiger charge is -2.14. The minimum atomic E-state index is 0.838. The van der Waals surface area contributed by atoms with Crippen LogP contribution in [0.2, 0.25) is 0 Å². The molecular weight excluding hydrogens is 322 g/mol. The summed E-state index contributed by atoms with van der Waals surface area (Å²) in [6, 6.07) is 19.3. The molecule has 106 valence electrons. The Morgan fingerprint density at radius 3 is 2.33 bits per heavy atom. The molecule has 0 radical (unpaired) electrons. The van der Waals surface area contributed by atoms with E-state index in [0.717, 1.165) is 11.0 Å². The van der Waals surface area contributed by atoms with E-state index >= 15 is 0 Å². The van der Waals surface area contributed by atoms with Gasteiger partial charge in [-0.3, -0.25) is 0 Å². The van der Waals surface area contributed by atoms with Crippen molar-refractivity contribution in [2.45, 2.75) is 20.4 Å². The molecule has 0 aliphatic carbocycles. The van der Waals surface area contributed by atoms with Crippen LogP contribution in [0, 0.1) is 13.8 Å². The average molecular weight is 340 g/mol. The van der Waals surface area contributed by atoms with E-state index in [0.29, 0.717) is 0 Å². The third-order valence-electron chi connectivity index (χ3n) is 3.83. The molecule has 0 saturated carbocycles. The summed E-state index contributed by atoms with van der Waals surface area (Å²) < 4.78 is 1.13. The molecule has 3 aromatic carbocycles. The van der Waals surface area contributed by atoms with Crippen LogP contribution in [0.25, 0.3) is 10.8 Å². The van der Waals surface area contributed by atoms with Gasteiger partial charge in [0.1, 0.15) is 0 Å². The van der Waals surface area contributed by atoms with E-state index in [1.807, 2.05) is 0 Å². The first-order valence-electron chi connectivity index (χ1n) is 7.12. The molecule has 1 N–H and O–H groups in total. The molecular formula is C19H18BrN. The fourth-order valence-electron chi connectivity index (χ4n) is 2.82. The molecule has 1 nitrogen and oxygen atoms in total. The highest BCUT2D eigenvalue weighted by molar-refractivity contribution is 9.10. The van der Waals surface area contributed by atoms with Crippen LogP contribution >= 0.6 is 15.9 Å². The number of aryl methyl sites for hydroxylation is 2. The van der Waals surface area contributed by atoms with Crippen molar-refractivity contribution in [3.05, 3.63) is 75.8 Å². The zero-order valence-corrected chi connectivity index (χ0v) is 13.9. The number of halogens is 1. The molecule has 0 bridgehead atoms. The van der Waals surface area contributed by atoms with Gasteiger partial charge < -0.3 is 5.32 Å². The normalized spacial score (nSPS) is 10.8. The van der Waals surface area contributed by atoms with Gasteiger partial charge in [-0.15, -0.1) is 0 Å². The highest BCUT2D eigenvalue weighted by Crippen LogP contribution is 2.26. The van der Waals surface area contributed by atoms with Crippen molar-refractivity contribution in [3.8, 4) is 0 Å². The number of anilines is 1. The summed E-state index contributed by atoms with van der Waals surface area (Å²) in [6.45, 7) is 5.12. The summed E-state index contributed by atoms with van der Waals surface area (Å²) in [5.41, 5.74) is 5.09. The van der Waals surface area contributed by atoms with E-state index in [1.54, 1.807) is 0 Å². The summed E-state index contributed by atoms with van der Waals surface area (Å²) in [7, 11) is 0. The van der Waals surface area contributed by atoms with Crippen LogP contribution in [0.15, 0.2) is 59.1 Å². The third kappa shape index (κ3) is 2.96. The Hall–Kier alpha value is -1.80. The Kier molecular flexibility index (Phi) is 3.98. The van der Waals surface area contributed by atoms with Crippen molar-refractivity contribution in [3.63, 3.8) is 0 Å². The lowest BCUT2D eigenvalue weighted by atomic mass is 10.0. The molecule has 0 aliphatic heterocycles. The number of nitrogens with one attached hydrogen (secondary N) is 1. The van der Waals surface area contributed by atoms with Gasteiger partial charge in [0, 0.05) is 16.7 Å². The SMILES string of the molecule is Cc1cc(Br)cc(C)c1NCc1cccc2ccccc12. The number of hydrogen-bond acceptors (Lipinski definition) is 1. The first-order chi connectivity index (χ1) is 10.1. The van der Waals surface area contributed by atoms with Crippen LogP contribution in [-0.2, 0) is 6.54 Å². The van der Waals surface area contributed by atoms with Gasteiger partial charge >= 0.3 is 0 Å². The van der Waals surface area contributed by atoms with Crippen LogP contribution in [0.1, 0.15) is 16.7 Å². The molecule has 0 spiro atoms. The quantitative estimate of drug-likeness (QED) is 0.632. The van der Waals surface area contributed by atoms with Gasteiger partial charge in [0.2, 0.25) is 0 Å². The van der Waals surface area contributed by atoms with Gasteiger partial charge in [-0.25, -0.2) is 0 Å². The fraction of sp³-hybridized carbons (Fsp3) is 0.158. The predicted octanol–water partition coefficient (Wildman–Crippen LogP) is 5.83. The topological polar surface area (TPSA) is 12.0 Å². The Bertz CT molecular complexity index is 764. The maximum absolute atomic E-state index is 3.60. The van der Waals surface area contributed by atoms with Gasteiger partial charge in [0.25, 0.3) is 0 Å². The molecule has 0 atom stereocenters. The molecule has 0 amide bonds. The van der Waals surface area contributed by atoms with Crippen LogP contribution in [0.5, 0.6) is 0 Å². The number of benzene rings is 3. The van der Waals surface area contributed by atoms with E-state index in [4.69, 9.17) is 0 Å². The van der Waals surface area contributed by atoms with Gasteiger partial charge in [-0.1, -0.05) is 58.4 Å². The fourth-order valence-corrected chi connectivity index (χ4v) is 3.51. The standard InChI is InChI=1S/C19H18BrN/c1-13-10-17(20)11-14(2)19(13)21-12-16-8-5-7-15-6-3-4-9-18(15)16/h3-11,21H,12H2,1-2H3. The minimum Gasteiger partial charge on any atom is -0.381 e. The summed E-state index contributed by atoms with van der Waals surface area (Å²) in [6.07, 6.45) is 0. The molecule has 0 aromatic heterocycles. The van der Waals surface area contributed by atoms with Gasteiger partial charge in [0.05, 0.1) is 0 Å². The summed E-state index contributed by atoms with van der Waals surface area (Å²) in [5, 5.41) is 6.21. The van der Waals surface area contributed by atoms with Gasteiger partial charge in [-0.05, 0) is 53.4 Å². The molecule has 21 heavy (non-hydrogen) atoms. The Morgan fingerprint density at radius 2 is 1.57 bits per heavy atom. The second-order valence-corrected chi connectivity index (χ2v) is 6.32. The highest BCUT2D eigenvalue weighted by atomic mass is 79.9. The number of rotatable bonds is 3. The molecule has 2 heteroatoms. The van der Waals surface area contributed by atoms with Crippen molar-refractivity contribution in [2.75, 3.05) is 5.32 Å². The van der Waals surface area contributed by atoms with E-state index in [-0.39, 0.29) is 0 Å². The Morgan fingerprint density at radius 1 is 0.905 bits per heavy atom. The van der Waals surface area contributed by atoms with Gasteiger partial charge in [0.15, 0.2) is 0 Å². The zero-order valence-electron chi connectivity index (χ0n) is 12.3. The first-order valence-corrected chi connectivity index (χ1v) is 7.92. The third-order valence-corrected chi connectivity index (χ3v) is 4.29. The lowest BCUT2D eigenvalue weighted by molar-refractivity contribution is 1.14. The van der Waals surface area contributed by atoms with E-state index in [2.05, 4.69) is 89.7 Å². The molecule has 3 rings (SSSR count). The van der Waals surface area contributed by atoms with Crippen LogP contribution < -0.4 is 5.32 Å². The monoisotopic (exact) mass is 339 g/mol. The van der Waals surface area contributed by atoms with Crippen LogP contribution in [-0.4, -0.2) is 0 Å². The first kappa shape index (κ1) is 14.2. The summed E-state index contributed by atoms with van der Waals surface area (Å²) in [4.78, 5) is 0. The molecule has 0 fully saturated rings. The largest absolute Gasteiger partial charge is 0.381 e. The van der Waals surface area contributed by atoms with E-state index in [1.165, 1.54) is 33.2 Å². The number of fused-ring (bicyclic) bond motifs is 1. The molecule has 0 aliphatic rings. The zero-order chi connectivity index (χ0) is 14.8. The van der Waals surface area contributed by atoms with E-state index in [9.17, 15) is 0 Å². The molecule has 0 saturated heterocycles. The highest BCUT2D eigenvalue weighted by Gasteiger charge is 2.05. The van der Waals surface area contributed by atoms with Gasteiger partial charge in [-0.2, -0.15) is 0 Å². The Labute approximate surface area is 134 Å². The Balaban J connectivity index is 1.91. The second-order valence-electron chi connectivity index (χ2n) is 5.41. The second kappa shape index (κ2) is 5.90. The smallest absolute Gasteiger partial charge is 0.0407 e. The van der Waals surface area contributed by atoms with E-state index < -0.39 is 0 Å². The number of hydrogen-bond donors (Lipinski definition) is 1.